The van der Waals surface area contributed by atoms with Crippen LogP contribution in [0.15, 0.2) is 18.2 Å². The number of hydrogen-bond donors (Lipinski definition) is 1. The van der Waals surface area contributed by atoms with E-state index in [0.717, 1.165) is 0 Å². The molecule has 1 aromatic rings. The first-order chi connectivity index (χ1) is 8.97. The quantitative estimate of drug-likeness (QED) is 0.780. The molecule has 1 unspecified atom stereocenters. The number of rotatable bonds is 6. The van der Waals surface area contributed by atoms with Gasteiger partial charge in [-0.1, -0.05) is 0 Å². The summed E-state index contributed by atoms with van der Waals surface area (Å²) in [6.45, 7) is 3.54. The fourth-order valence-electron chi connectivity index (χ4n) is 1.41. The molecular weight excluding hydrogens is 250 g/mol. The number of esters is 1. The Kier molecular flexibility index (Phi) is 5.17. The van der Waals surface area contributed by atoms with Gasteiger partial charge in [0.15, 0.2) is 6.10 Å². The molecule has 0 aliphatic rings. The normalized spacial score (nSPS) is 11.5. The Hall–Kier alpha value is -2.24. The third kappa shape index (κ3) is 4.17. The molecule has 1 atom stereocenters. The zero-order valence-electron chi connectivity index (χ0n) is 11.1. The monoisotopic (exact) mass is 267 g/mol. The van der Waals surface area contributed by atoms with Crippen LogP contribution in [0.1, 0.15) is 24.2 Å². The van der Waals surface area contributed by atoms with Gasteiger partial charge in [0.1, 0.15) is 11.5 Å². The predicted octanol–water partition coefficient (Wildman–Crippen LogP) is 1.12. The van der Waals surface area contributed by atoms with Gasteiger partial charge in [0.25, 0.3) is 0 Å². The molecule has 1 rings (SSSR count). The van der Waals surface area contributed by atoms with E-state index in [2.05, 4.69) is 0 Å². The summed E-state index contributed by atoms with van der Waals surface area (Å²) in [7, 11) is 1.46. The molecular formula is C13H17NO5. The van der Waals surface area contributed by atoms with Crippen molar-refractivity contribution in [1.82, 2.24) is 0 Å². The van der Waals surface area contributed by atoms with Crippen LogP contribution in [-0.2, 0) is 9.53 Å². The molecule has 1 aromatic carbocycles. The zero-order valence-corrected chi connectivity index (χ0v) is 11.1. The highest BCUT2D eigenvalue weighted by Crippen LogP contribution is 2.23. The second-order valence-electron chi connectivity index (χ2n) is 3.77. The Morgan fingerprint density at radius 1 is 1.26 bits per heavy atom. The van der Waals surface area contributed by atoms with E-state index in [1.807, 2.05) is 0 Å². The summed E-state index contributed by atoms with van der Waals surface area (Å²) in [4.78, 5) is 22.6. The van der Waals surface area contributed by atoms with E-state index < -0.39 is 18.0 Å². The van der Waals surface area contributed by atoms with Crippen LogP contribution in [0.25, 0.3) is 0 Å². The molecule has 0 aliphatic carbocycles. The van der Waals surface area contributed by atoms with E-state index in [4.69, 9.17) is 19.9 Å². The smallest absolute Gasteiger partial charge is 0.347 e. The Morgan fingerprint density at radius 2 is 1.89 bits per heavy atom. The molecule has 6 nitrogen and oxygen atoms in total. The molecule has 19 heavy (non-hydrogen) atoms. The predicted molar refractivity (Wildman–Crippen MR) is 68.2 cm³/mol. The Morgan fingerprint density at radius 3 is 2.42 bits per heavy atom. The first kappa shape index (κ1) is 14.8. The van der Waals surface area contributed by atoms with E-state index in [9.17, 15) is 9.59 Å². The summed E-state index contributed by atoms with van der Waals surface area (Å²) in [5, 5.41) is 0. The van der Waals surface area contributed by atoms with Crippen molar-refractivity contribution in [3.8, 4) is 11.5 Å². The van der Waals surface area contributed by atoms with Crippen LogP contribution in [0.5, 0.6) is 11.5 Å². The van der Waals surface area contributed by atoms with Gasteiger partial charge in [0, 0.05) is 11.6 Å². The first-order valence-corrected chi connectivity index (χ1v) is 5.80. The van der Waals surface area contributed by atoms with Crippen molar-refractivity contribution >= 4 is 11.9 Å². The average molecular weight is 267 g/mol. The van der Waals surface area contributed by atoms with E-state index in [-0.39, 0.29) is 12.2 Å². The number of carbonyl (C=O) groups is 2. The van der Waals surface area contributed by atoms with Gasteiger partial charge in [-0.05, 0) is 26.0 Å². The molecule has 6 heteroatoms. The third-order valence-electron chi connectivity index (χ3n) is 2.33. The highest BCUT2D eigenvalue weighted by Gasteiger charge is 2.17. The number of methoxy groups -OCH3 is 1. The van der Waals surface area contributed by atoms with Crippen molar-refractivity contribution in [3.05, 3.63) is 23.8 Å². The van der Waals surface area contributed by atoms with Gasteiger partial charge in [0.2, 0.25) is 5.91 Å². The van der Waals surface area contributed by atoms with E-state index in [0.29, 0.717) is 11.5 Å². The van der Waals surface area contributed by atoms with E-state index in [1.54, 1.807) is 19.9 Å². The summed E-state index contributed by atoms with van der Waals surface area (Å²) in [5.74, 6) is -0.352. The molecule has 0 heterocycles. The lowest BCUT2D eigenvalue weighted by atomic mass is 10.2. The van der Waals surface area contributed by atoms with Gasteiger partial charge in [0.05, 0.1) is 13.7 Å². The molecule has 2 N–H and O–H groups in total. The van der Waals surface area contributed by atoms with Crippen molar-refractivity contribution in [2.45, 2.75) is 20.0 Å². The molecule has 0 aliphatic heterocycles. The van der Waals surface area contributed by atoms with Gasteiger partial charge in [-0.3, -0.25) is 4.79 Å². The maximum atomic E-state index is 11.5. The number of benzene rings is 1. The van der Waals surface area contributed by atoms with Crippen molar-refractivity contribution in [2.24, 2.45) is 5.73 Å². The summed E-state index contributed by atoms with van der Waals surface area (Å²) in [6, 6.07) is 4.49. The molecule has 0 bridgehead atoms. The summed E-state index contributed by atoms with van der Waals surface area (Å²) >= 11 is 0. The molecule has 0 fully saturated rings. The fraction of sp³-hybridized carbons (Fsp3) is 0.385. The van der Waals surface area contributed by atoms with Gasteiger partial charge >= 0.3 is 5.97 Å². The Labute approximate surface area is 111 Å². The maximum Gasteiger partial charge on any atom is 0.347 e. The van der Waals surface area contributed by atoms with Gasteiger partial charge in [-0.15, -0.1) is 0 Å². The Balaban J connectivity index is 2.91. The van der Waals surface area contributed by atoms with E-state index >= 15 is 0 Å². The van der Waals surface area contributed by atoms with Crippen LogP contribution in [0.2, 0.25) is 0 Å². The number of amides is 1. The molecule has 1 amide bonds. The highest BCUT2D eigenvalue weighted by atomic mass is 16.6. The van der Waals surface area contributed by atoms with Crippen LogP contribution in [0.4, 0.5) is 0 Å². The molecule has 0 spiro atoms. The molecule has 0 aromatic heterocycles. The number of carbonyl (C=O) groups excluding carboxylic acids is 2. The maximum absolute atomic E-state index is 11.5. The molecule has 104 valence electrons. The lowest BCUT2D eigenvalue weighted by Crippen LogP contribution is -2.26. The Bertz CT molecular complexity index is 472. The van der Waals surface area contributed by atoms with Crippen molar-refractivity contribution in [1.29, 1.82) is 0 Å². The fourth-order valence-corrected chi connectivity index (χ4v) is 1.41. The molecule has 0 radical (unpaired) electrons. The van der Waals surface area contributed by atoms with Crippen molar-refractivity contribution in [2.75, 3.05) is 13.7 Å². The van der Waals surface area contributed by atoms with Crippen molar-refractivity contribution < 1.29 is 23.8 Å². The van der Waals surface area contributed by atoms with Gasteiger partial charge in [-0.25, -0.2) is 4.79 Å². The second-order valence-corrected chi connectivity index (χ2v) is 3.77. The number of primary amides is 1. The standard InChI is InChI=1S/C13H17NO5/c1-4-18-13(16)8(2)19-11-6-9(12(14)15)5-10(7-11)17-3/h5-8H,4H2,1-3H3,(H2,14,15). The third-order valence-corrected chi connectivity index (χ3v) is 2.33. The molecule has 0 saturated carbocycles. The first-order valence-electron chi connectivity index (χ1n) is 5.80. The van der Waals surface area contributed by atoms with Crippen molar-refractivity contribution in [3.63, 3.8) is 0 Å². The summed E-state index contributed by atoms with van der Waals surface area (Å²) in [5.41, 5.74) is 5.44. The minimum atomic E-state index is -0.784. The van der Waals surface area contributed by atoms with Crippen LogP contribution < -0.4 is 15.2 Å². The summed E-state index contributed by atoms with van der Waals surface area (Å²) in [6.07, 6.45) is -0.784. The second kappa shape index (κ2) is 6.63. The lowest BCUT2D eigenvalue weighted by molar-refractivity contribution is -0.150. The largest absolute Gasteiger partial charge is 0.497 e. The van der Waals surface area contributed by atoms with Gasteiger partial charge < -0.3 is 19.9 Å². The summed E-state index contributed by atoms with van der Waals surface area (Å²) < 4.78 is 15.3. The van der Waals surface area contributed by atoms with Crippen LogP contribution in [0, 0.1) is 0 Å². The topological polar surface area (TPSA) is 87.8 Å². The average Bonchev–Trinajstić information content (AvgIpc) is 2.38. The van der Waals surface area contributed by atoms with Crippen LogP contribution in [0.3, 0.4) is 0 Å². The number of ether oxygens (including phenoxy) is 3. The van der Waals surface area contributed by atoms with Gasteiger partial charge in [-0.2, -0.15) is 0 Å². The number of nitrogens with two attached hydrogens (primary N) is 1. The minimum Gasteiger partial charge on any atom is -0.497 e. The zero-order chi connectivity index (χ0) is 14.4. The highest BCUT2D eigenvalue weighted by molar-refractivity contribution is 5.93. The number of hydrogen-bond acceptors (Lipinski definition) is 5. The molecule has 0 saturated heterocycles. The lowest BCUT2D eigenvalue weighted by Gasteiger charge is -2.14. The SMILES string of the molecule is CCOC(=O)C(C)Oc1cc(OC)cc(C(N)=O)c1. The minimum absolute atomic E-state index is 0.241. The van der Waals surface area contributed by atoms with Crippen LogP contribution >= 0.6 is 0 Å². The van der Waals surface area contributed by atoms with E-state index in [1.165, 1.54) is 19.2 Å². The van der Waals surface area contributed by atoms with Crippen LogP contribution in [-0.4, -0.2) is 31.7 Å².